The molecule has 116 valence electrons. The summed E-state index contributed by atoms with van der Waals surface area (Å²) in [6.07, 6.45) is 0. The van der Waals surface area contributed by atoms with Crippen LogP contribution in [0.15, 0.2) is 48.5 Å². The average molecular weight is 324 g/mol. The van der Waals surface area contributed by atoms with Crippen LogP contribution in [0.3, 0.4) is 0 Å². The van der Waals surface area contributed by atoms with E-state index in [0.717, 1.165) is 11.3 Å². The molecule has 2 aromatic carbocycles. The van der Waals surface area contributed by atoms with Gasteiger partial charge in [-0.3, -0.25) is 0 Å². The second kappa shape index (κ2) is 6.39. The first-order valence-corrected chi connectivity index (χ1v) is 7.85. The maximum absolute atomic E-state index is 6.18. The molecular formula is C19H18ClN3. The number of hydrogen-bond donors (Lipinski definition) is 1. The molecule has 0 aliphatic carbocycles. The van der Waals surface area contributed by atoms with Crippen molar-refractivity contribution < 1.29 is 0 Å². The van der Waals surface area contributed by atoms with Crippen molar-refractivity contribution in [1.82, 2.24) is 9.97 Å². The summed E-state index contributed by atoms with van der Waals surface area (Å²) in [4.78, 5) is 8.92. The Kier molecular flexibility index (Phi) is 4.30. The number of aromatic nitrogens is 2. The number of hydrogen-bond acceptors (Lipinski definition) is 3. The molecule has 1 heterocycles. The fourth-order valence-electron chi connectivity index (χ4n) is 2.70. The lowest BCUT2D eigenvalue weighted by Crippen LogP contribution is -2.01. The molecule has 0 aliphatic heterocycles. The summed E-state index contributed by atoms with van der Waals surface area (Å²) in [5.74, 6) is 1.31. The van der Waals surface area contributed by atoms with E-state index >= 15 is 0 Å². The minimum atomic E-state index is 0.420. The van der Waals surface area contributed by atoms with E-state index in [1.165, 1.54) is 16.7 Å². The maximum Gasteiger partial charge on any atom is 0.163 e. The van der Waals surface area contributed by atoms with Crippen LogP contribution >= 0.6 is 11.6 Å². The normalized spacial score (nSPS) is 10.6. The standard InChI is InChI=1S/C19H18ClN3/c1-12-9-13(2)18(14(3)10-12)22-17-11-16(20)21-19(23-17)15-7-5-4-6-8-15/h4-11H,1-3H3,(H,21,22,23). The van der Waals surface area contributed by atoms with Gasteiger partial charge in [-0.15, -0.1) is 0 Å². The van der Waals surface area contributed by atoms with E-state index < -0.39 is 0 Å². The molecule has 0 saturated carbocycles. The Hall–Kier alpha value is -2.39. The highest BCUT2D eigenvalue weighted by Crippen LogP contribution is 2.27. The van der Waals surface area contributed by atoms with Crippen LogP contribution in [0.25, 0.3) is 11.4 Å². The van der Waals surface area contributed by atoms with Crippen molar-refractivity contribution in [2.24, 2.45) is 0 Å². The zero-order valence-electron chi connectivity index (χ0n) is 13.4. The largest absolute Gasteiger partial charge is 0.340 e. The molecule has 0 fully saturated rings. The summed E-state index contributed by atoms with van der Waals surface area (Å²) in [7, 11) is 0. The van der Waals surface area contributed by atoms with Crippen molar-refractivity contribution in [1.29, 1.82) is 0 Å². The van der Waals surface area contributed by atoms with E-state index in [1.807, 2.05) is 30.3 Å². The molecule has 3 nitrogen and oxygen atoms in total. The summed E-state index contributed by atoms with van der Waals surface area (Å²) < 4.78 is 0. The van der Waals surface area contributed by atoms with Gasteiger partial charge in [0.05, 0.1) is 0 Å². The topological polar surface area (TPSA) is 37.8 Å². The van der Waals surface area contributed by atoms with Gasteiger partial charge in [0.15, 0.2) is 5.82 Å². The quantitative estimate of drug-likeness (QED) is 0.650. The highest BCUT2D eigenvalue weighted by atomic mass is 35.5. The van der Waals surface area contributed by atoms with Crippen LogP contribution in [0.4, 0.5) is 11.5 Å². The minimum absolute atomic E-state index is 0.420. The molecule has 4 heteroatoms. The second-order valence-electron chi connectivity index (χ2n) is 5.66. The van der Waals surface area contributed by atoms with E-state index in [1.54, 1.807) is 6.07 Å². The van der Waals surface area contributed by atoms with E-state index in [2.05, 4.69) is 48.2 Å². The molecule has 3 rings (SSSR count). The number of aryl methyl sites for hydroxylation is 3. The lowest BCUT2D eigenvalue weighted by Gasteiger charge is -2.14. The Bertz CT molecular complexity index is 821. The molecule has 1 N–H and O–H groups in total. The Balaban J connectivity index is 2.00. The first-order chi connectivity index (χ1) is 11.0. The van der Waals surface area contributed by atoms with Crippen LogP contribution in [0.1, 0.15) is 16.7 Å². The lowest BCUT2D eigenvalue weighted by molar-refractivity contribution is 1.17. The Morgan fingerprint density at radius 3 is 2.17 bits per heavy atom. The first kappa shape index (κ1) is 15.5. The van der Waals surface area contributed by atoms with Crippen molar-refractivity contribution in [3.8, 4) is 11.4 Å². The fourth-order valence-corrected chi connectivity index (χ4v) is 2.89. The SMILES string of the molecule is Cc1cc(C)c(Nc2cc(Cl)nc(-c3ccccc3)n2)c(C)c1. The molecule has 0 radical (unpaired) electrons. The third kappa shape index (κ3) is 3.51. The number of rotatable bonds is 3. The lowest BCUT2D eigenvalue weighted by atomic mass is 10.1. The van der Waals surface area contributed by atoms with Gasteiger partial charge in [0.2, 0.25) is 0 Å². The van der Waals surface area contributed by atoms with Crippen molar-refractivity contribution in [2.75, 3.05) is 5.32 Å². The number of benzene rings is 2. The molecule has 1 aromatic heterocycles. The molecule has 3 aromatic rings. The summed E-state index contributed by atoms with van der Waals surface area (Å²) in [5, 5.41) is 3.80. The molecule has 0 amide bonds. The van der Waals surface area contributed by atoms with Gasteiger partial charge >= 0.3 is 0 Å². The van der Waals surface area contributed by atoms with Crippen LogP contribution in [-0.2, 0) is 0 Å². The smallest absolute Gasteiger partial charge is 0.163 e. The van der Waals surface area contributed by atoms with Crippen LogP contribution < -0.4 is 5.32 Å². The first-order valence-electron chi connectivity index (χ1n) is 7.48. The van der Waals surface area contributed by atoms with Crippen LogP contribution in [0.5, 0.6) is 0 Å². The number of nitrogens with zero attached hydrogens (tertiary/aromatic N) is 2. The van der Waals surface area contributed by atoms with Gasteiger partial charge in [0.25, 0.3) is 0 Å². The highest BCUT2D eigenvalue weighted by Gasteiger charge is 2.09. The number of nitrogens with one attached hydrogen (secondary N) is 1. The second-order valence-corrected chi connectivity index (χ2v) is 6.05. The predicted molar refractivity (Wildman–Crippen MR) is 96.4 cm³/mol. The molecule has 0 spiro atoms. The van der Waals surface area contributed by atoms with E-state index in [4.69, 9.17) is 11.6 Å². The zero-order chi connectivity index (χ0) is 16.4. The van der Waals surface area contributed by atoms with E-state index in [0.29, 0.717) is 16.8 Å². The minimum Gasteiger partial charge on any atom is -0.340 e. The third-order valence-electron chi connectivity index (χ3n) is 3.66. The molecule has 0 aliphatic rings. The summed E-state index contributed by atoms with van der Waals surface area (Å²) in [5.41, 5.74) is 5.60. The monoisotopic (exact) mass is 323 g/mol. The molecule has 0 bridgehead atoms. The van der Waals surface area contributed by atoms with Crippen LogP contribution in [0.2, 0.25) is 5.15 Å². The molecule has 0 unspecified atom stereocenters. The maximum atomic E-state index is 6.18. The van der Waals surface area contributed by atoms with Gasteiger partial charge < -0.3 is 5.32 Å². The number of halogens is 1. The van der Waals surface area contributed by atoms with Gasteiger partial charge in [0, 0.05) is 17.3 Å². The molecule has 0 saturated heterocycles. The Labute approximate surface area is 141 Å². The van der Waals surface area contributed by atoms with Crippen LogP contribution in [0, 0.1) is 20.8 Å². The van der Waals surface area contributed by atoms with Crippen molar-refractivity contribution in [3.63, 3.8) is 0 Å². The number of anilines is 2. The van der Waals surface area contributed by atoms with E-state index in [9.17, 15) is 0 Å². The molecule has 0 atom stereocenters. The summed E-state index contributed by atoms with van der Waals surface area (Å²) in [6.45, 7) is 6.27. The van der Waals surface area contributed by atoms with Gasteiger partial charge in [-0.2, -0.15) is 0 Å². The Morgan fingerprint density at radius 2 is 1.52 bits per heavy atom. The van der Waals surface area contributed by atoms with Crippen LogP contribution in [-0.4, -0.2) is 9.97 Å². The Morgan fingerprint density at radius 1 is 0.870 bits per heavy atom. The predicted octanol–water partition coefficient (Wildman–Crippen LogP) is 5.47. The third-order valence-corrected chi connectivity index (χ3v) is 3.85. The highest BCUT2D eigenvalue weighted by molar-refractivity contribution is 6.29. The van der Waals surface area contributed by atoms with Crippen molar-refractivity contribution in [2.45, 2.75) is 20.8 Å². The molecular weight excluding hydrogens is 306 g/mol. The fraction of sp³-hybridized carbons (Fsp3) is 0.158. The van der Waals surface area contributed by atoms with E-state index in [-0.39, 0.29) is 0 Å². The van der Waals surface area contributed by atoms with Crippen molar-refractivity contribution >= 4 is 23.1 Å². The van der Waals surface area contributed by atoms with Crippen molar-refractivity contribution in [3.05, 3.63) is 70.4 Å². The van der Waals surface area contributed by atoms with Gasteiger partial charge in [-0.25, -0.2) is 9.97 Å². The van der Waals surface area contributed by atoms with Gasteiger partial charge in [-0.05, 0) is 31.9 Å². The van der Waals surface area contributed by atoms with Gasteiger partial charge in [0.1, 0.15) is 11.0 Å². The summed E-state index contributed by atoms with van der Waals surface area (Å²) >= 11 is 6.18. The van der Waals surface area contributed by atoms with Gasteiger partial charge in [-0.1, -0.05) is 59.6 Å². The molecule has 23 heavy (non-hydrogen) atoms. The average Bonchev–Trinajstić information content (AvgIpc) is 2.51. The zero-order valence-corrected chi connectivity index (χ0v) is 14.1. The summed E-state index contributed by atoms with van der Waals surface area (Å²) in [6, 6.07) is 15.9.